The van der Waals surface area contributed by atoms with Crippen LogP contribution in [0.5, 0.6) is 0 Å². The van der Waals surface area contributed by atoms with Crippen molar-refractivity contribution in [1.82, 2.24) is 24.5 Å². The standard InChI is InChI=1S/C26H32N6O4/c1-19(15-23(33)25-27-18-31(29-25)17-20-7-5-4-6-8-20)22-9-11-32-24(30(2)26(22)34)16-21(28-32)10-12-36-14-13-35-3/h4-8,16,18,22H,1,9-15,17H2,2-3H3/t22-/m1/s1. The summed E-state index contributed by atoms with van der Waals surface area (Å²) in [6.45, 7) is 6.79. The molecule has 0 radical (unpaired) electrons. The van der Waals surface area contributed by atoms with Crippen molar-refractivity contribution in [2.24, 2.45) is 5.92 Å². The number of amides is 1. The van der Waals surface area contributed by atoms with Crippen LogP contribution in [0.3, 0.4) is 0 Å². The van der Waals surface area contributed by atoms with Gasteiger partial charge < -0.3 is 9.47 Å². The molecule has 0 aliphatic carbocycles. The molecule has 0 fully saturated rings. The largest absolute Gasteiger partial charge is 0.382 e. The number of ketones is 1. The molecule has 1 amide bonds. The first-order valence-electron chi connectivity index (χ1n) is 12.0. The van der Waals surface area contributed by atoms with E-state index in [1.807, 2.05) is 41.1 Å². The zero-order valence-electron chi connectivity index (χ0n) is 20.8. The molecule has 0 saturated heterocycles. The van der Waals surface area contributed by atoms with Gasteiger partial charge in [0.25, 0.3) is 0 Å². The maximum atomic E-state index is 13.3. The van der Waals surface area contributed by atoms with Crippen molar-refractivity contribution in [3.05, 3.63) is 72.0 Å². The lowest BCUT2D eigenvalue weighted by molar-refractivity contribution is -0.121. The number of anilines is 1. The molecular formula is C26H32N6O4. The summed E-state index contributed by atoms with van der Waals surface area (Å²) in [4.78, 5) is 31.9. The molecule has 2 aromatic heterocycles. The van der Waals surface area contributed by atoms with Gasteiger partial charge in [-0.15, -0.1) is 5.10 Å². The molecule has 3 heterocycles. The number of hydrogen-bond donors (Lipinski definition) is 0. The van der Waals surface area contributed by atoms with Gasteiger partial charge in [0.2, 0.25) is 17.5 Å². The molecule has 1 aromatic carbocycles. The Morgan fingerprint density at radius 1 is 1.17 bits per heavy atom. The van der Waals surface area contributed by atoms with E-state index in [2.05, 4.69) is 21.8 Å². The van der Waals surface area contributed by atoms with E-state index in [0.717, 1.165) is 17.1 Å². The molecular weight excluding hydrogens is 460 g/mol. The van der Waals surface area contributed by atoms with E-state index in [9.17, 15) is 9.59 Å². The zero-order valence-corrected chi connectivity index (χ0v) is 20.8. The SMILES string of the molecule is C=C(CC(=O)c1ncn(Cc2ccccc2)n1)[C@H]1CCn2nc(CCOCCOC)cc2N(C)C1=O. The molecule has 1 atom stereocenters. The van der Waals surface area contributed by atoms with Gasteiger partial charge >= 0.3 is 0 Å². The predicted molar refractivity (Wildman–Crippen MR) is 134 cm³/mol. The minimum Gasteiger partial charge on any atom is -0.382 e. The second-order valence-corrected chi connectivity index (χ2v) is 8.82. The molecule has 0 N–H and O–H groups in total. The average molecular weight is 493 g/mol. The van der Waals surface area contributed by atoms with Crippen LogP contribution in [0.4, 0.5) is 5.82 Å². The van der Waals surface area contributed by atoms with Gasteiger partial charge in [0.1, 0.15) is 12.1 Å². The van der Waals surface area contributed by atoms with Crippen molar-refractivity contribution >= 4 is 17.5 Å². The van der Waals surface area contributed by atoms with Crippen molar-refractivity contribution in [2.45, 2.75) is 32.4 Å². The number of benzene rings is 1. The van der Waals surface area contributed by atoms with E-state index in [4.69, 9.17) is 9.47 Å². The number of nitrogens with zero attached hydrogens (tertiary/aromatic N) is 6. The smallest absolute Gasteiger partial charge is 0.235 e. The number of aromatic nitrogens is 5. The number of hydrogen-bond acceptors (Lipinski definition) is 7. The first-order chi connectivity index (χ1) is 17.5. The summed E-state index contributed by atoms with van der Waals surface area (Å²) < 4.78 is 14.0. The molecule has 0 spiro atoms. The van der Waals surface area contributed by atoms with E-state index in [-0.39, 0.29) is 23.9 Å². The van der Waals surface area contributed by atoms with Crippen molar-refractivity contribution in [3.8, 4) is 0 Å². The third-order valence-electron chi connectivity index (χ3n) is 6.20. The summed E-state index contributed by atoms with van der Waals surface area (Å²) in [6, 6.07) is 11.7. The quantitative estimate of drug-likeness (QED) is 0.217. The highest BCUT2D eigenvalue weighted by atomic mass is 16.5. The highest BCUT2D eigenvalue weighted by Gasteiger charge is 2.32. The highest BCUT2D eigenvalue weighted by Crippen LogP contribution is 2.29. The van der Waals surface area contributed by atoms with Gasteiger partial charge in [-0.2, -0.15) is 5.10 Å². The monoisotopic (exact) mass is 492 g/mol. The second-order valence-electron chi connectivity index (χ2n) is 8.82. The number of carbonyl (C=O) groups excluding carboxylic acids is 2. The van der Waals surface area contributed by atoms with E-state index in [1.165, 1.54) is 0 Å². The molecule has 1 aliphatic rings. The fourth-order valence-corrected chi connectivity index (χ4v) is 4.21. The Hall–Kier alpha value is -3.63. The molecule has 190 valence electrons. The molecule has 3 aromatic rings. The molecule has 0 unspecified atom stereocenters. The molecule has 0 bridgehead atoms. The second kappa shape index (κ2) is 11.9. The normalized spacial score (nSPS) is 15.6. The van der Waals surface area contributed by atoms with Crippen LogP contribution in [0.15, 0.2) is 54.9 Å². The lowest BCUT2D eigenvalue weighted by Crippen LogP contribution is -2.33. The fourth-order valence-electron chi connectivity index (χ4n) is 4.21. The lowest BCUT2D eigenvalue weighted by Gasteiger charge is -2.20. The van der Waals surface area contributed by atoms with E-state index >= 15 is 0 Å². The van der Waals surface area contributed by atoms with Gasteiger partial charge in [-0.05, 0) is 12.0 Å². The molecule has 10 heteroatoms. The first-order valence-corrected chi connectivity index (χ1v) is 12.0. The van der Waals surface area contributed by atoms with Crippen LogP contribution in [-0.2, 0) is 33.8 Å². The van der Waals surface area contributed by atoms with Gasteiger partial charge in [0.05, 0.1) is 38.0 Å². The number of Topliss-reactive ketones (excluding diaryl/α,β-unsaturated/α-hetero) is 1. The summed E-state index contributed by atoms with van der Waals surface area (Å²) >= 11 is 0. The molecule has 0 saturated carbocycles. The van der Waals surface area contributed by atoms with Gasteiger partial charge in [-0.1, -0.05) is 42.5 Å². The van der Waals surface area contributed by atoms with Crippen molar-refractivity contribution in [3.63, 3.8) is 0 Å². The van der Waals surface area contributed by atoms with Crippen molar-refractivity contribution in [2.75, 3.05) is 38.9 Å². The Kier molecular flexibility index (Phi) is 8.40. The number of fused-ring (bicyclic) bond motifs is 1. The molecule has 4 rings (SSSR count). The van der Waals surface area contributed by atoms with Crippen LogP contribution in [0.25, 0.3) is 0 Å². The Labute approximate surface area is 210 Å². The van der Waals surface area contributed by atoms with Crippen LogP contribution in [-0.4, -0.2) is 70.2 Å². The number of ether oxygens (including phenoxy) is 2. The predicted octanol–water partition coefficient (Wildman–Crippen LogP) is 2.54. The van der Waals surface area contributed by atoms with Gasteiger partial charge in [-0.25, -0.2) is 14.3 Å². The molecule has 10 nitrogen and oxygen atoms in total. The Morgan fingerprint density at radius 3 is 2.75 bits per heavy atom. The number of rotatable bonds is 12. The number of aryl methyl sites for hydroxylation is 1. The Morgan fingerprint density at radius 2 is 1.97 bits per heavy atom. The molecule has 1 aliphatic heterocycles. The summed E-state index contributed by atoms with van der Waals surface area (Å²) in [5, 5.41) is 8.96. The van der Waals surface area contributed by atoms with Crippen LogP contribution in [0.1, 0.15) is 34.7 Å². The minimum atomic E-state index is -0.479. The number of methoxy groups -OCH3 is 1. The van der Waals surface area contributed by atoms with Gasteiger partial charge in [0, 0.05) is 39.6 Å². The summed E-state index contributed by atoms with van der Waals surface area (Å²) in [5.74, 6) is 0.0337. The van der Waals surface area contributed by atoms with Gasteiger partial charge in [0.15, 0.2) is 0 Å². The van der Waals surface area contributed by atoms with Crippen LogP contribution in [0, 0.1) is 5.92 Å². The maximum absolute atomic E-state index is 13.3. The Balaban J connectivity index is 1.34. The van der Waals surface area contributed by atoms with Crippen LogP contribution >= 0.6 is 0 Å². The topological polar surface area (TPSA) is 104 Å². The third kappa shape index (κ3) is 6.13. The maximum Gasteiger partial charge on any atom is 0.235 e. The van der Waals surface area contributed by atoms with Crippen molar-refractivity contribution in [1.29, 1.82) is 0 Å². The molecule has 36 heavy (non-hydrogen) atoms. The van der Waals surface area contributed by atoms with Gasteiger partial charge in [-0.3, -0.25) is 14.5 Å². The van der Waals surface area contributed by atoms with Crippen molar-refractivity contribution < 1.29 is 19.1 Å². The summed E-state index contributed by atoms with van der Waals surface area (Å²) in [6.07, 6.45) is 2.74. The van der Waals surface area contributed by atoms with Crippen LogP contribution in [0.2, 0.25) is 0 Å². The van der Waals surface area contributed by atoms with E-state index < -0.39 is 5.92 Å². The van der Waals surface area contributed by atoms with E-state index in [0.29, 0.717) is 51.3 Å². The average Bonchev–Trinajstić information content (AvgIpc) is 3.49. The summed E-state index contributed by atoms with van der Waals surface area (Å²) in [7, 11) is 3.37. The Bertz CT molecular complexity index is 1200. The summed E-state index contributed by atoms with van der Waals surface area (Å²) in [5.41, 5.74) is 2.50. The van der Waals surface area contributed by atoms with Crippen LogP contribution < -0.4 is 4.90 Å². The fraction of sp³-hybridized carbons (Fsp3) is 0.423. The van der Waals surface area contributed by atoms with E-state index in [1.54, 1.807) is 30.1 Å². The highest BCUT2D eigenvalue weighted by molar-refractivity contribution is 5.99. The minimum absolute atomic E-state index is 0.0198. The zero-order chi connectivity index (χ0) is 25.5. The third-order valence-corrected chi connectivity index (χ3v) is 6.20. The number of carbonyl (C=O) groups is 2. The first kappa shape index (κ1) is 25.5. The lowest BCUT2D eigenvalue weighted by atomic mass is 9.91.